The molecule has 0 aliphatic carbocycles. The second-order valence-corrected chi connectivity index (χ2v) is 8.71. The lowest BCUT2D eigenvalue weighted by Gasteiger charge is -2.31. The Morgan fingerprint density at radius 2 is 2.12 bits per heavy atom. The Morgan fingerprint density at radius 1 is 1.31 bits per heavy atom. The van der Waals surface area contributed by atoms with Crippen molar-refractivity contribution >= 4 is 17.8 Å². The summed E-state index contributed by atoms with van der Waals surface area (Å²) in [6, 6.07) is 9.48. The maximum absolute atomic E-state index is 14.2. The third-order valence-corrected chi connectivity index (χ3v) is 6.01. The van der Waals surface area contributed by atoms with Crippen LogP contribution in [0.5, 0.6) is 0 Å². The lowest BCUT2D eigenvalue weighted by atomic mass is 9.96. The number of anilines is 1. The number of nitrogens with one attached hydrogen (secondary N) is 3. The van der Waals surface area contributed by atoms with E-state index in [-0.39, 0.29) is 11.5 Å². The molecule has 6 nitrogen and oxygen atoms in total. The van der Waals surface area contributed by atoms with Crippen molar-refractivity contribution in [1.29, 1.82) is 5.41 Å². The van der Waals surface area contributed by atoms with Crippen molar-refractivity contribution in [3.05, 3.63) is 71.6 Å². The Labute approximate surface area is 185 Å². The molecule has 1 saturated heterocycles. The first-order chi connectivity index (χ1) is 15.3. The van der Waals surface area contributed by atoms with Crippen molar-refractivity contribution in [2.45, 2.75) is 25.8 Å². The third kappa shape index (κ3) is 4.12. The Balaban J connectivity index is 1.46. The predicted molar refractivity (Wildman–Crippen MR) is 120 cm³/mol. The zero-order valence-electron chi connectivity index (χ0n) is 18.0. The van der Waals surface area contributed by atoms with Crippen molar-refractivity contribution < 1.29 is 13.6 Å². The standard InChI is InChI=1S/C24H25F2N5O/c1-24(2)9-15(14-31(24)23(32)19-4-3-5-20(25)22(19)26)11-28-21-7-6-16(8-17(21)10-27)18-12-29-30-13-18/h3-8,10,12-13,15,27-28H,9,11,14H2,1-2H3,(H,29,30). The molecule has 32 heavy (non-hydrogen) atoms. The van der Waals surface area contributed by atoms with Crippen LogP contribution in [0.3, 0.4) is 0 Å². The maximum atomic E-state index is 14.2. The van der Waals surface area contributed by atoms with Gasteiger partial charge in [-0.2, -0.15) is 5.10 Å². The normalized spacial score (nSPS) is 17.4. The van der Waals surface area contributed by atoms with Crippen LogP contribution in [0, 0.1) is 23.0 Å². The van der Waals surface area contributed by atoms with E-state index in [1.165, 1.54) is 18.3 Å². The summed E-state index contributed by atoms with van der Waals surface area (Å²) in [6.07, 6.45) is 5.54. The van der Waals surface area contributed by atoms with Gasteiger partial charge < -0.3 is 15.6 Å². The van der Waals surface area contributed by atoms with E-state index >= 15 is 0 Å². The Kier molecular flexibility index (Phi) is 5.78. The quantitative estimate of drug-likeness (QED) is 0.489. The number of aromatic nitrogens is 2. The maximum Gasteiger partial charge on any atom is 0.257 e. The molecule has 3 N–H and O–H groups in total. The summed E-state index contributed by atoms with van der Waals surface area (Å²) in [5.74, 6) is -2.51. The molecular formula is C24H25F2N5O. The highest BCUT2D eigenvalue weighted by Crippen LogP contribution is 2.35. The van der Waals surface area contributed by atoms with Gasteiger partial charge in [0.05, 0.1) is 11.8 Å². The van der Waals surface area contributed by atoms with Crippen LogP contribution in [-0.2, 0) is 0 Å². The minimum atomic E-state index is -1.11. The van der Waals surface area contributed by atoms with Gasteiger partial charge in [-0.05, 0) is 56.0 Å². The molecule has 1 amide bonds. The summed E-state index contributed by atoms with van der Waals surface area (Å²) in [4.78, 5) is 14.6. The molecule has 4 rings (SSSR count). The number of hydrogen-bond donors (Lipinski definition) is 3. The molecule has 1 aliphatic rings. The van der Waals surface area contributed by atoms with Crippen LogP contribution in [0.15, 0.2) is 48.8 Å². The van der Waals surface area contributed by atoms with E-state index in [1.807, 2.05) is 32.0 Å². The second kappa shape index (κ2) is 8.53. The van der Waals surface area contributed by atoms with Gasteiger partial charge in [0.2, 0.25) is 0 Å². The van der Waals surface area contributed by atoms with Gasteiger partial charge in [0.1, 0.15) is 0 Å². The second-order valence-electron chi connectivity index (χ2n) is 8.71. The van der Waals surface area contributed by atoms with E-state index in [1.54, 1.807) is 17.3 Å². The van der Waals surface area contributed by atoms with Gasteiger partial charge in [-0.1, -0.05) is 12.1 Å². The average Bonchev–Trinajstić information content (AvgIpc) is 3.41. The molecule has 0 bridgehead atoms. The Hall–Kier alpha value is -3.55. The third-order valence-electron chi connectivity index (χ3n) is 6.01. The van der Waals surface area contributed by atoms with Crippen LogP contribution in [0.25, 0.3) is 11.1 Å². The predicted octanol–water partition coefficient (Wildman–Crippen LogP) is 4.71. The fraction of sp³-hybridized carbons (Fsp3) is 0.292. The van der Waals surface area contributed by atoms with Crippen LogP contribution in [0.2, 0.25) is 0 Å². The highest BCUT2D eigenvalue weighted by atomic mass is 19.2. The lowest BCUT2D eigenvalue weighted by molar-refractivity contribution is 0.0644. The molecule has 0 radical (unpaired) electrons. The summed E-state index contributed by atoms with van der Waals surface area (Å²) in [5.41, 5.74) is 2.74. The highest BCUT2D eigenvalue weighted by Gasteiger charge is 2.42. The van der Waals surface area contributed by atoms with Crippen molar-refractivity contribution in [2.24, 2.45) is 5.92 Å². The van der Waals surface area contributed by atoms with Crippen LogP contribution in [-0.4, -0.2) is 45.8 Å². The molecule has 0 saturated carbocycles. The smallest absolute Gasteiger partial charge is 0.257 e. The van der Waals surface area contributed by atoms with Crippen LogP contribution in [0.4, 0.5) is 14.5 Å². The van der Waals surface area contributed by atoms with Gasteiger partial charge in [-0.25, -0.2) is 8.78 Å². The monoisotopic (exact) mass is 437 g/mol. The summed E-state index contributed by atoms with van der Waals surface area (Å²) in [7, 11) is 0. The zero-order chi connectivity index (χ0) is 22.9. The molecule has 1 aromatic heterocycles. The summed E-state index contributed by atoms with van der Waals surface area (Å²) in [5, 5.41) is 17.9. The largest absolute Gasteiger partial charge is 0.384 e. The number of aromatic amines is 1. The summed E-state index contributed by atoms with van der Waals surface area (Å²) in [6.45, 7) is 4.89. The molecule has 1 aliphatic heterocycles. The average molecular weight is 437 g/mol. The zero-order valence-corrected chi connectivity index (χ0v) is 18.0. The van der Waals surface area contributed by atoms with Crippen molar-refractivity contribution in [2.75, 3.05) is 18.4 Å². The van der Waals surface area contributed by atoms with Crippen LogP contribution in [0.1, 0.15) is 36.2 Å². The minimum absolute atomic E-state index is 0.123. The van der Waals surface area contributed by atoms with Gasteiger partial charge in [0.15, 0.2) is 11.6 Å². The van der Waals surface area contributed by atoms with E-state index in [9.17, 15) is 13.6 Å². The van der Waals surface area contributed by atoms with Gasteiger partial charge in [0, 0.05) is 47.9 Å². The number of amides is 1. The van der Waals surface area contributed by atoms with Crippen molar-refractivity contribution in [1.82, 2.24) is 15.1 Å². The number of carbonyl (C=O) groups excluding carboxylic acids is 1. The number of nitrogens with zero attached hydrogens (tertiary/aromatic N) is 2. The molecule has 1 atom stereocenters. The number of H-pyrrole nitrogens is 1. The van der Waals surface area contributed by atoms with Crippen LogP contribution < -0.4 is 5.32 Å². The van der Waals surface area contributed by atoms with Crippen molar-refractivity contribution in [3.8, 4) is 11.1 Å². The molecule has 2 aromatic carbocycles. The molecule has 2 heterocycles. The van der Waals surface area contributed by atoms with E-state index in [2.05, 4.69) is 15.5 Å². The number of halogens is 2. The summed E-state index contributed by atoms with van der Waals surface area (Å²) >= 11 is 0. The van der Waals surface area contributed by atoms with E-state index in [4.69, 9.17) is 5.41 Å². The Morgan fingerprint density at radius 3 is 2.84 bits per heavy atom. The first-order valence-corrected chi connectivity index (χ1v) is 10.4. The first kappa shape index (κ1) is 21.7. The minimum Gasteiger partial charge on any atom is -0.384 e. The van der Waals surface area contributed by atoms with Crippen LogP contribution >= 0.6 is 0 Å². The molecule has 0 spiro atoms. The SMILES string of the molecule is CC1(C)CC(CNc2ccc(-c3cn[nH]c3)cc2C=N)CN1C(=O)c1cccc(F)c1F. The summed E-state index contributed by atoms with van der Waals surface area (Å²) < 4.78 is 27.8. The number of benzene rings is 2. The van der Waals surface area contributed by atoms with Gasteiger partial charge >= 0.3 is 0 Å². The molecular weight excluding hydrogens is 412 g/mol. The number of hydrogen-bond acceptors (Lipinski definition) is 4. The fourth-order valence-corrected chi connectivity index (χ4v) is 4.38. The van der Waals surface area contributed by atoms with Gasteiger partial charge in [0.25, 0.3) is 5.91 Å². The fourth-order valence-electron chi connectivity index (χ4n) is 4.38. The van der Waals surface area contributed by atoms with E-state index < -0.39 is 23.1 Å². The number of rotatable bonds is 6. The number of likely N-dealkylation sites (tertiary alicyclic amines) is 1. The first-order valence-electron chi connectivity index (χ1n) is 10.4. The van der Waals surface area contributed by atoms with Gasteiger partial charge in [-0.15, -0.1) is 0 Å². The molecule has 1 fully saturated rings. The number of carbonyl (C=O) groups is 1. The van der Waals surface area contributed by atoms with E-state index in [0.29, 0.717) is 13.1 Å². The molecule has 3 aromatic rings. The molecule has 1 unspecified atom stereocenters. The van der Waals surface area contributed by atoms with E-state index in [0.717, 1.165) is 34.9 Å². The van der Waals surface area contributed by atoms with Crippen molar-refractivity contribution in [3.63, 3.8) is 0 Å². The Bertz CT molecular complexity index is 1140. The lowest BCUT2D eigenvalue weighted by Crippen LogP contribution is -2.43. The highest BCUT2D eigenvalue weighted by molar-refractivity contribution is 5.95. The molecule has 8 heteroatoms. The topological polar surface area (TPSA) is 84.9 Å². The van der Waals surface area contributed by atoms with Gasteiger partial charge in [-0.3, -0.25) is 9.89 Å². The molecule has 166 valence electrons.